The van der Waals surface area contributed by atoms with Crippen LogP contribution in [0, 0.1) is 17.8 Å². The van der Waals surface area contributed by atoms with Gasteiger partial charge in [0.1, 0.15) is 0 Å². The topological polar surface area (TPSA) is 12.0 Å². The average molecular weight is 167 g/mol. The van der Waals surface area contributed by atoms with Crippen molar-refractivity contribution in [1.82, 2.24) is 5.32 Å². The Kier molecular flexibility index (Phi) is 2.69. The van der Waals surface area contributed by atoms with Crippen LogP contribution in [-0.4, -0.2) is 13.6 Å². The second-order valence-corrected chi connectivity index (χ2v) is 4.60. The molecule has 2 saturated carbocycles. The summed E-state index contributed by atoms with van der Waals surface area (Å²) < 4.78 is 0. The van der Waals surface area contributed by atoms with Crippen molar-refractivity contribution in [1.29, 1.82) is 0 Å². The van der Waals surface area contributed by atoms with Gasteiger partial charge in [-0.3, -0.25) is 0 Å². The lowest BCUT2D eigenvalue weighted by atomic mass is 9.64. The molecule has 70 valence electrons. The maximum Gasteiger partial charge on any atom is -0.00182 e. The second kappa shape index (κ2) is 3.78. The van der Waals surface area contributed by atoms with E-state index in [1.165, 1.54) is 45.1 Å². The highest BCUT2D eigenvalue weighted by atomic mass is 14.8. The van der Waals surface area contributed by atoms with E-state index in [-0.39, 0.29) is 0 Å². The van der Waals surface area contributed by atoms with Crippen LogP contribution in [0.15, 0.2) is 0 Å². The van der Waals surface area contributed by atoms with Crippen molar-refractivity contribution in [2.24, 2.45) is 17.8 Å². The van der Waals surface area contributed by atoms with Gasteiger partial charge in [0.25, 0.3) is 0 Å². The zero-order valence-corrected chi connectivity index (χ0v) is 8.18. The first-order valence-electron chi connectivity index (χ1n) is 5.56. The van der Waals surface area contributed by atoms with Crippen LogP contribution in [-0.2, 0) is 0 Å². The molecule has 0 aromatic heterocycles. The van der Waals surface area contributed by atoms with Crippen molar-refractivity contribution in [3.63, 3.8) is 0 Å². The Labute approximate surface area is 75.9 Å². The van der Waals surface area contributed by atoms with Crippen LogP contribution >= 0.6 is 0 Å². The quantitative estimate of drug-likeness (QED) is 0.678. The monoisotopic (exact) mass is 167 g/mol. The van der Waals surface area contributed by atoms with Crippen molar-refractivity contribution in [2.75, 3.05) is 13.6 Å². The van der Waals surface area contributed by atoms with Crippen LogP contribution in [0.4, 0.5) is 0 Å². The Morgan fingerprint density at radius 3 is 1.83 bits per heavy atom. The van der Waals surface area contributed by atoms with E-state index in [9.17, 15) is 0 Å². The molecular weight excluding hydrogens is 146 g/mol. The minimum atomic E-state index is 1.03. The third kappa shape index (κ3) is 1.52. The highest BCUT2D eigenvalue weighted by molar-refractivity contribution is 4.87. The summed E-state index contributed by atoms with van der Waals surface area (Å²) in [6.07, 6.45) is 9.06. The number of nitrogens with one attached hydrogen (secondary N) is 1. The van der Waals surface area contributed by atoms with Gasteiger partial charge in [0.2, 0.25) is 0 Å². The van der Waals surface area contributed by atoms with Crippen LogP contribution in [0.5, 0.6) is 0 Å². The summed E-state index contributed by atoms with van der Waals surface area (Å²) in [5.41, 5.74) is 0. The van der Waals surface area contributed by atoms with Gasteiger partial charge in [0.05, 0.1) is 0 Å². The van der Waals surface area contributed by atoms with Crippen LogP contribution in [0.1, 0.15) is 38.5 Å². The van der Waals surface area contributed by atoms with Gasteiger partial charge in [0, 0.05) is 0 Å². The first kappa shape index (κ1) is 8.55. The lowest BCUT2D eigenvalue weighted by Crippen LogP contribution is -2.38. The fourth-order valence-electron chi connectivity index (χ4n) is 2.69. The molecule has 1 N–H and O–H groups in total. The van der Waals surface area contributed by atoms with Crippen molar-refractivity contribution in [3.05, 3.63) is 0 Å². The number of rotatable bonds is 4. The minimum Gasteiger partial charge on any atom is -0.319 e. The maximum atomic E-state index is 3.37. The first-order valence-corrected chi connectivity index (χ1v) is 5.56. The molecule has 0 saturated heterocycles. The Morgan fingerprint density at radius 2 is 1.58 bits per heavy atom. The molecule has 2 rings (SSSR count). The van der Waals surface area contributed by atoms with Crippen LogP contribution in [0.3, 0.4) is 0 Å². The van der Waals surface area contributed by atoms with E-state index in [1.807, 2.05) is 0 Å². The maximum absolute atomic E-state index is 3.37. The van der Waals surface area contributed by atoms with Crippen LogP contribution < -0.4 is 5.32 Å². The highest BCUT2D eigenvalue weighted by Gasteiger charge is 2.35. The average Bonchev–Trinajstić information content (AvgIpc) is 1.79. The summed E-state index contributed by atoms with van der Waals surface area (Å²) in [5.74, 6) is 3.20. The normalized spacial score (nSPS) is 25.5. The van der Waals surface area contributed by atoms with Gasteiger partial charge < -0.3 is 5.32 Å². The van der Waals surface area contributed by atoms with Gasteiger partial charge >= 0.3 is 0 Å². The molecule has 0 atom stereocenters. The van der Waals surface area contributed by atoms with Crippen molar-refractivity contribution >= 4 is 0 Å². The fourth-order valence-corrected chi connectivity index (χ4v) is 2.69. The molecule has 0 bridgehead atoms. The van der Waals surface area contributed by atoms with Crippen LogP contribution in [0.2, 0.25) is 0 Å². The summed E-state index contributed by atoms with van der Waals surface area (Å²) >= 11 is 0. The minimum absolute atomic E-state index is 1.03. The van der Waals surface area contributed by atoms with E-state index in [2.05, 4.69) is 12.4 Å². The molecule has 2 aliphatic rings. The van der Waals surface area contributed by atoms with Gasteiger partial charge in [-0.2, -0.15) is 0 Å². The molecule has 0 aromatic carbocycles. The standard InChI is InChI=1S/C11H21N/c1-12-8-11(9-4-2-5-9)10-6-3-7-10/h9-12H,2-8H2,1H3. The molecule has 1 heteroatoms. The molecule has 0 aromatic rings. The van der Waals surface area contributed by atoms with Gasteiger partial charge in [-0.1, -0.05) is 38.5 Å². The van der Waals surface area contributed by atoms with Crippen molar-refractivity contribution in [3.8, 4) is 0 Å². The first-order chi connectivity index (χ1) is 5.92. The van der Waals surface area contributed by atoms with Crippen molar-refractivity contribution < 1.29 is 0 Å². The Morgan fingerprint density at radius 1 is 1.08 bits per heavy atom. The third-order valence-corrected chi connectivity index (χ3v) is 3.95. The zero-order valence-electron chi connectivity index (χ0n) is 8.18. The van der Waals surface area contributed by atoms with E-state index in [1.54, 1.807) is 0 Å². The third-order valence-electron chi connectivity index (χ3n) is 3.95. The van der Waals surface area contributed by atoms with E-state index < -0.39 is 0 Å². The predicted molar refractivity (Wildman–Crippen MR) is 52.1 cm³/mol. The highest BCUT2D eigenvalue weighted by Crippen LogP contribution is 2.43. The lowest BCUT2D eigenvalue weighted by Gasteiger charge is -2.42. The molecule has 1 nitrogen and oxygen atoms in total. The lowest BCUT2D eigenvalue weighted by molar-refractivity contribution is 0.0936. The molecule has 0 amide bonds. The summed E-state index contributed by atoms with van der Waals surface area (Å²) in [6, 6.07) is 0. The molecule has 0 unspecified atom stereocenters. The van der Waals surface area contributed by atoms with E-state index in [0.717, 1.165) is 17.8 Å². The molecule has 0 spiro atoms. The van der Waals surface area contributed by atoms with Crippen molar-refractivity contribution in [2.45, 2.75) is 38.5 Å². The number of hydrogen-bond acceptors (Lipinski definition) is 1. The Balaban J connectivity index is 1.82. The van der Waals surface area contributed by atoms with Gasteiger partial charge in [-0.25, -0.2) is 0 Å². The smallest absolute Gasteiger partial charge is 0.00182 e. The number of hydrogen-bond donors (Lipinski definition) is 1. The molecule has 0 aliphatic heterocycles. The summed E-state index contributed by atoms with van der Waals surface area (Å²) in [4.78, 5) is 0. The molecule has 0 radical (unpaired) electrons. The van der Waals surface area contributed by atoms with E-state index in [4.69, 9.17) is 0 Å². The van der Waals surface area contributed by atoms with Crippen LogP contribution in [0.25, 0.3) is 0 Å². The Hall–Kier alpha value is -0.0400. The second-order valence-electron chi connectivity index (χ2n) is 4.60. The summed E-state index contributed by atoms with van der Waals surface area (Å²) in [7, 11) is 2.10. The predicted octanol–water partition coefficient (Wildman–Crippen LogP) is 2.42. The van der Waals surface area contributed by atoms with Gasteiger partial charge in [-0.15, -0.1) is 0 Å². The van der Waals surface area contributed by atoms with Gasteiger partial charge in [-0.05, 0) is 31.3 Å². The molecular formula is C11H21N. The fraction of sp³-hybridized carbons (Fsp3) is 1.00. The Bertz CT molecular complexity index is 122. The summed E-state index contributed by atoms with van der Waals surface area (Å²) in [5, 5.41) is 3.37. The SMILES string of the molecule is CNCC(C1CCC1)C1CCC1. The molecule has 2 fully saturated rings. The van der Waals surface area contributed by atoms with E-state index in [0.29, 0.717) is 0 Å². The zero-order chi connectivity index (χ0) is 8.39. The molecule has 2 aliphatic carbocycles. The largest absolute Gasteiger partial charge is 0.319 e. The molecule has 12 heavy (non-hydrogen) atoms. The van der Waals surface area contributed by atoms with E-state index >= 15 is 0 Å². The summed E-state index contributed by atoms with van der Waals surface area (Å²) in [6.45, 7) is 1.27. The van der Waals surface area contributed by atoms with Gasteiger partial charge in [0.15, 0.2) is 0 Å². The molecule has 0 heterocycles.